The Bertz CT molecular complexity index is 654. The maximum atomic E-state index is 12.6. The Kier molecular flexibility index (Phi) is 3.16. The molecule has 0 amide bonds. The summed E-state index contributed by atoms with van der Waals surface area (Å²) in [4.78, 5) is 6.95. The van der Waals surface area contributed by atoms with Crippen LogP contribution in [0.2, 0.25) is 0 Å². The molecule has 2 heterocycles. The first kappa shape index (κ1) is 14.6. The Morgan fingerprint density at radius 3 is 2.48 bits per heavy atom. The summed E-state index contributed by atoms with van der Waals surface area (Å²) < 4.78 is 61.0. The second-order valence-electron chi connectivity index (χ2n) is 5.54. The molecule has 0 radical (unpaired) electrons. The topological polar surface area (TPSA) is 72.0 Å². The van der Waals surface area contributed by atoms with Gasteiger partial charge in [-0.2, -0.15) is 13.2 Å². The van der Waals surface area contributed by atoms with Crippen LogP contribution in [-0.2, 0) is 16.0 Å². The molecule has 9 heteroatoms. The predicted molar refractivity (Wildman–Crippen MR) is 69.4 cm³/mol. The Morgan fingerprint density at radius 2 is 1.90 bits per heavy atom. The molecule has 1 aromatic rings. The van der Waals surface area contributed by atoms with E-state index in [1.54, 1.807) is 0 Å². The smallest absolute Gasteiger partial charge is 0.365 e. The molecule has 0 aromatic carbocycles. The number of nitrogens with one attached hydrogen (secondary N) is 1. The largest absolute Gasteiger partial charge is 0.433 e. The maximum Gasteiger partial charge on any atom is 0.433 e. The SMILES string of the molecule is O=S1(=O)CC(Nc2cc(C(F)(F)F)ncn2)C12CCCC2. The van der Waals surface area contributed by atoms with E-state index in [4.69, 9.17) is 0 Å². The highest BCUT2D eigenvalue weighted by atomic mass is 32.2. The first-order valence-electron chi connectivity index (χ1n) is 6.63. The molecule has 116 valence electrons. The fraction of sp³-hybridized carbons (Fsp3) is 0.667. The van der Waals surface area contributed by atoms with Gasteiger partial charge >= 0.3 is 6.18 Å². The van der Waals surface area contributed by atoms with Crippen LogP contribution in [0.25, 0.3) is 0 Å². The number of rotatable bonds is 2. The van der Waals surface area contributed by atoms with E-state index in [1.165, 1.54) is 0 Å². The van der Waals surface area contributed by atoms with Gasteiger partial charge in [-0.15, -0.1) is 0 Å². The van der Waals surface area contributed by atoms with Crippen LogP contribution in [0, 0.1) is 0 Å². The van der Waals surface area contributed by atoms with Crippen LogP contribution in [0.3, 0.4) is 0 Å². The fourth-order valence-corrected chi connectivity index (χ4v) is 5.59. The standard InChI is InChI=1S/C12H14F3N3O2S/c13-12(14,15)8-5-10(17-7-16-8)18-9-6-21(19,20)11(9)3-1-2-4-11/h5,7,9H,1-4,6H2,(H,16,17,18). The van der Waals surface area contributed by atoms with E-state index in [0.29, 0.717) is 12.8 Å². The van der Waals surface area contributed by atoms with Crippen molar-refractivity contribution in [2.24, 2.45) is 0 Å². The third-order valence-corrected chi connectivity index (χ3v) is 7.07. The molecule has 1 N–H and O–H groups in total. The highest BCUT2D eigenvalue weighted by Gasteiger charge is 2.61. The maximum absolute atomic E-state index is 12.6. The van der Waals surface area contributed by atoms with Crippen LogP contribution in [-0.4, -0.2) is 34.9 Å². The lowest BCUT2D eigenvalue weighted by Crippen LogP contribution is -2.65. The minimum atomic E-state index is -4.55. The van der Waals surface area contributed by atoms with E-state index in [0.717, 1.165) is 25.2 Å². The Balaban J connectivity index is 1.82. The summed E-state index contributed by atoms with van der Waals surface area (Å²) in [6, 6.07) is 0.439. The molecule has 1 saturated carbocycles. The summed E-state index contributed by atoms with van der Waals surface area (Å²) in [6.45, 7) is 0. The quantitative estimate of drug-likeness (QED) is 0.902. The summed E-state index contributed by atoms with van der Waals surface area (Å²) >= 11 is 0. The van der Waals surface area contributed by atoms with Gasteiger partial charge in [0.2, 0.25) is 0 Å². The number of aromatic nitrogens is 2. The van der Waals surface area contributed by atoms with Gasteiger partial charge in [0.25, 0.3) is 0 Å². The molecule has 3 rings (SSSR count). The average Bonchev–Trinajstić information content (AvgIpc) is 2.90. The Labute approximate surface area is 119 Å². The number of nitrogens with zero attached hydrogens (tertiary/aromatic N) is 2. The Hall–Kier alpha value is -1.38. The lowest BCUT2D eigenvalue weighted by molar-refractivity contribution is -0.141. The second kappa shape index (κ2) is 4.56. The predicted octanol–water partition coefficient (Wildman–Crippen LogP) is 2.02. The van der Waals surface area contributed by atoms with E-state index < -0.39 is 26.5 Å². The van der Waals surface area contributed by atoms with Gasteiger partial charge < -0.3 is 5.32 Å². The molecule has 1 aliphatic heterocycles. The van der Waals surface area contributed by atoms with Crippen LogP contribution < -0.4 is 5.32 Å². The highest BCUT2D eigenvalue weighted by molar-refractivity contribution is 7.94. The van der Waals surface area contributed by atoms with Gasteiger partial charge in [0.1, 0.15) is 17.8 Å². The van der Waals surface area contributed by atoms with Gasteiger partial charge in [-0.05, 0) is 12.8 Å². The molecule has 1 atom stereocenters. The van der Waals surface area contributed by atoms with Gasteiger partial charge in [-0.3, -0.25) is 0 Å². The van der Waals surface area contributed by atoms with Crippen LogP contribution in [0.5, 0.6) is 0 Å². The zero-order valence-electron chi connectivity index (χ0n) is 11.0. The number of halogens is 3. The van der Waals surface area contributed by atoms with E-state index in [9.17, 15) is 21.6 Å². The van der Waals surface area contributed by atoms with Crippen molar-refractivity contribution in [3.8, 4) is 0 Å². The summed E-state index contributed by atoms with van der Waals surface area (Å²) in [7, 11) is -3.16. The summed E-state index contributed by atoms with van der Waals surface area (Å²) in [6.07, 6.45) is -0.936. The monoisotopic (exact) mass is 321 g/mol. The molecule has 2 fully saturated rings. The van der Waals surface area contributed by atoms with E-state index in [2.05, 4.69) is 15.3 Å². The van der Waals surface area contributed by atoms with Gasteiger partial charge in [0.05, 0.1) is 16.5 Å². The summed E-state index contributed by atoms with van der Waals surface area (Å²) in [5.74, 6) is -0.0401. The van der Waals surface area contributed by atoms with Crippen LogP contribution in [0.4, 0.5) is 19.0 Å². The second-order valence-corrected chi connectivity index (χ2v) is 7.91. The fourth-order valence-electron chi connectivity index (χ4n) is 3.23. The lowest BCUT2D eigenvalue weighted by Gasteiger charge is -2.46. The minimum Gasteiger partial charge on any atom is -0.365 e. The molecular formula is C12H14F3N3O2S. The molecule has 1 unspecified atom stereocenters. The van der Waals surface area contributed by atoms with Gasteiger partial charge in [-0.1, -0.05) is 12.8 Å². The van der Waals surface area contributed by atoms with Gasteiger partial charge in [0.15, 0.2) is 9.84 Å². The first-order valence-corrected chi connectivity index (χ1v) is 8.28. The van der Waals surface area contributed by atoms with E-state index in [-0.39, 0.29) is 17.6 Å². The van der Waals surface area contributed by atoms with Crippen molar-refractivity contribution < 1.29 is 21.6 Å². The van der Waals surface area contributed by atoms with E-state index in [1.807, 2.05) is 0 Å². The zero-order valence-corrected chi connectivity index (χ0v) is 11.8. The molecule has 0 bridgehead atoms. The van der Waals surface area contributed by atoms with Crippen molar-refractivity contribution in [1.82, 2.24) is 9.97 Å². The van der Waals surface area contributed by atoms with Crippen molar-refractivity contribution in [3.63, 3.8) is 0 Å². The first-order chi connectivity index (χ1) is 9.75. The van der Waals surface area contributed by atoms with Crippen molar-refractivity contribution in [3.05, 3.63) is 18.1 Å². The molecular weight excluding hydrogens is 307 g/mol. The van der Waals surface area contributed by atoms with Crippen LogP contribution in [0.1, 0.15) is 31.4 Å². The zero-order chi connectivity index (χ0) is 15.3. The summed E-state index contributed by atoms with van der Waals surface area (Å²) in [5, 5.41) is 2.85. The van der Waals surface area contributed by atoms with Crippen molar-refractivity contribution in [2.45, 2.75) is 42.6 Å². The van der Waals surface area contributed by atoms with Crippen LogP contribution >= 0.6 is 0 Å². The van der Waals surface area contributed by atoms with Crippen molar-refractivity contribution >= 4 is 15.7 Å². The number of hydrogen-bond donors (Lipinski definition) is 1. The molecule has 21 heavy (non-hydrogen) atoms. The van der Waals surface area contributed by atoms with Crippen molar-refractivity contribution in [1.29, 1.82) is 0 Å². The van der Waals surface area contributed by atoms with Crippen LogP contribution in [0.15, 0.2) is 12.4 Å². The number of alkyl halides is 3. The normalized spacial score (nSPS) is 26.5. The molecule has 1 saturated heterocycles. The molecule has 1 spiro atoms. The third-order valence-electron chi connectivity index (χ3n) is 4.37. The number of sulfone groups is 1. The van der Waals surface area contributed by atoms with Gasteiger partial charge in [-0.25, -0.2) is 18.4 Å². The molecule has 2 aliphatic rings. The average molecular weight is 321 g/mol. The lowest BCUT2D eigenvalue weighted by atomic mass is 9.96. The minimum absolute atomic E-state index is 0.0171. The molecule has 1 aromatic heterocycles. The number of anilines is 1. The molecule has 5 nitrogen and oxygen atoms in total. The Morgan fingerprint density at radius 1 is 1.24 bits per heavy atom. The van der Waals surface area contributed by atoms with Gasteiger partial charge in [0, 0.05) is 6.07 Å². The highest BCUT2D eigenvalue weighted by Crippen LogP contribution is 2.48. The third kappa shape index (κ3) is 2.27. The molecule has 1 aliphatic carbocycles. The van der Waals surface area contributed by atoms with Crippen molar-refractivity contribution in [2.75, 3.05) is 11.1 Å². The van der Waals surface area contributed by atoms with E-state index >= 15 is 0 Å². The number of hydrogen-bond acceptors (Lipinski definition) is 5. The summed E-state index contributed by atoms with van der Waals surface area (Å²) in [5.41, 5.74) is -1.04.